The molecular weight excluding hydrogens is 272 g/mol. The number of sulfone groups is 1. The number of nitrogen functional groups attached to an aromatic ring is 1. The summed E-state index contributed by atoms with van der Waals surface area (Å²) >= 11 is 0. The van der Waals surface area contributed by atoms with Crippen molar-refractivity contribution in [2.24, 2.45) is 0 Å². The van der Waals surface area contributed by atoms with Crippen molar-refractivity contribution < 1.29 is 8.42 Å². The van der Waals surface area contributed by atoms with Gasteiger partial charge in [0, 0.05) is 24.5 Å². The highest BCUT2D eigenvalue weighted by atomic mass is 32.2. The van der Waals surface area contributed by atoms with Crippen LogP contribution in [0.4, 0.5) is 5.69 Å². The van der Waals surface area contributed by atoms with Crippen molar-refractivity contribution in [1.29, 1.82) is 0 Å². The van der Waals surface area contributed by atoms with E-state index in [9.17, 15) is 8.42 Å². The lowest BCUT2D eigenvalue weighted by Crippen LogP contribution is -2.30. The van der Waals surface area contributed by atoms with Gasteiger partial charge in [-0.1, -0.05) is 32.0 Å². The van der Waals surface area contributed by atoms with E-state index in [1.165, 1.54) is 0 Å². The molecule has 0 atom stereocenters. The summed E-state index contributed by atoms with van der Waals surface area (Å²) in [5, 5.41) is 0. The SMILES string of the molecule is CCCN(CCS(=O)(=O)CCC)Cc1ccccc1N. The summed E-state index contributed by atoms with van der Waals surface area (Å²) in [6.07, 6.45) is 1.68. The average molecular weight is 298 g/mol. The molecular formula is C15H26N2O2S. The molecule has 1 rings (SSSR count). The zero-order chi connectivity index (χ0) is 15.0. The summed E-state index contributed by atoms with van der Waals surface area (Å²) in [7, 11) is -2.92. The van der Waals surface area contributed by atoms with Gasteiger partial charge >= 0.3 is 0 Å². The average Bonchev–Trinajstić information content (AvgIpc) is 2.39. The van der Waals surface area contributed by atoms with Crippen molar-refractivity contribution in [2.45, 2.75) is 33.2 Å². The predicted molar refractivity (Wildman–Crippen MR) is 85.4 cm³/mol. The molecule has 0 heterocycles. The zero-order valence-electron chi connectivity index (χ0n) is 12.5. The van der Waals surface area contributed by atoms with Gasteiger partial charge < -0.3 is 5.73 Å². The number of hydrogen-bond acceptors (Lipinski definition) is 4. The van der Waals surface area contributed by atoms with Crippen molar-refractivity contribution in [3.05, 3.63) is 29.8 Å². The Hall–Kier alpha value is -1.07. The highest BCUT2D eigenvalue weighted by Crippen LogP contribution is 2.13. The van der Waals surface area contributed by atoms with Crippen molar-refractivity contribution in [2.75, 3.05) is 30.3 Å². The van der Waals surface area contributed by atoms with Gasteiger partial charge in [0.2, 0.25) is 0 Å². The second-order valence-corrected chi connectivity index (χ2v) is 7.43. The topological polar surface area (TPSA) is 63.4 Å². The van der Waals surface area contributed by atoms with Gasteiger partial charge in [-0.15, -0.1) is 0 Å². The first-order valence-corrected chi connectivity index (χ1v) is 9.06. The number of nitrogens with zero attached hydrogens (tertiary/aromatic N) is 1. The van der Waals surface area contributed by atoms with Crippen LogP contribution in [0.3, 0.4) is 0 Å². The Morgan fingerprint density at radius 1 is 1.05 bits per heavy atom. The molecule has 0 aliphatic rings. The van der Waals surface area contributed by atoms with Crippen LogP contribution < -0.4 is 5.73 Å². The number of para-hydroxylation sites is 1. The monoisotopic (exact) mass is 298 g/mol. The van der Waals surface area contributed by atoms with Crippen LogP contribution in [-0.2, 0) is 16.4 Å². The van der Waals surface area contributed by atoms with E-state index in [0.29, 0.717) is 19.5 Å². The Labute approximate surface area is 122 Å². The maximum Gasteiger partial charge on any atom is 0.151 e. The minimum absolute atomic E-state index is 0.230. The lowest BCUT2D eigenvalue weighted by molar-refractivity contribution is 0.282. The first kappa shape index (κ1) is 17.0. The Morgan fingerprint density at radius 3 is 2.35 bits per heavy atom. The Bertz CT molecular complexity index is 500. The molecule has 20 heavy (non-hydrogen) atoms. The van der Waals surface area contributed by atoms with Crippen LogP contribution in [0, 0.1) is 0 Å². The van der Waals surface area contributed by atoms with Gasteiger partial charge in [-0.3, -0.25) is 4.90 Å². The van der Waals surface area contributed by atoms with Gasteiger partial charge in [-0.25, -0.2) is 8.42 Å². The summed E-state index contributed by atoms with van der Waals surface area (Å²) in [5.41, 5.74) is 7.78. The molecule has 0 amide bonds. The molecule has 0 bridgehead atoms. The van der Waals surface area contributed by atoms with E-state index in [1.807, 2.05) is 31.2 Å². The zero-order valence-corrected chi connectivity index (χ0v) is 13.3. The van der Waals surface area contributed by atoms with E-state index in [4.69, 9.17) is 5.73 Å². The van der Waals surface area contributed by atoms with Gasteiger partial charge in [-0.2, -0.15) is 0 Å². The van der Waals surface area contributed by atoms with Crippen LogP contribution in [-0.4, -0.2) is 37.9 Å². The molecule has 0 unspecified atom stereocenters. The summed E-state index contributed by atoms with van der Waals surface area (Å²) in [6, 6.07) is 7.75. The van der Waals surface area contributed by atoms with Gasteiger partial charge in [-0.05, 0) is 31.0 Å². The fourth-order valence-corrected chi connectivity index (χ4v) is 3.55. The van der Waals surface area contributed by atoms with Gasteiger partial charge in [0.05, 0.1) is 5.75 Å². The third-order valence-electron chi connectivity index (χ3n) is 3.22. The number of hydrogen-bond donors (Lipinski definition) is 1. The van der Waals surface area contributed by atoms with Crippen molar-refractivity contribution >= 4 is 15.5 Å². The normalized spacial score (nSPS) is 11.9. The lowest BCUT2D eigenvalue weighted by atomic mass is 10.1. The largest absolute Gasteiger partial charge is 0.398 e. The summed E-state index contributed by atoms with van der Waals surface area (Å²) in [4.78, 5) is 2.17. The Kier molecular flexibility index (Phi) is 7.02. The maximum atomic E-state index is 11.8. The molecule has 0 spiro atoms. The first-order chi connectivity index (χ1) is 9.48. The summed E-state index contributed by atoms with van der Waals surface area (Å²) in [6.45, 7) is 6.16. The molecule has 0 aliphatic carbocycles. The van der Waals surface area contributed by atoms with Crippen molar-refractivity contribution in [3.8, 4) is 0 Å². The van der Waals surface area contributed by atoms with E-state index in [0.717, 1.165) is 24.2 Å². The van der Waals surface area contributed by atoms with Crippen LogP contribution in [0.1, 0.15) is 32.3 Å². The number of benzene rings is 1. The third kappa shape index (κ3) is 5.92. The van der Waals surface area contributed by atoms with Crippen LogP contribution in [0.2, 0.25) is 0 Å². The fraction of sp³-hybridized carbons (Fsp3) is 0.600. The molecule has 0 fully saturated rings. The van der Waals surface area contributed by atoms with Crippen molar-refractivity contribution in [1.82, 2.24) is 4.90 Å². The molecule has 4 nitrogen and oxygen atoms in total. The van der Waals surface area contributed by atoms with E-state index in [1.54, 1.807) is 0 Å². The summed E-state index contributed by atoms with van der Waals surface area (Å²) in [5.74, 6) is 0.508. The molecule has 0 radical (unpaired) electrons. The van der Waals surface area contributed by atoms with Crippen molar-refractivity contribution in [3.63, 3.8) is 0 Å². The summed E-state index contributed by atoms with van der Waals surface area (Å²) < 4.78 is 23.6. The number of nitrogens with two attached hydrogens (primary N) is 1. The second-order valence-electron chi connectivity index (χ2n) is 5.13. The molecule has 114 valence electrons. The fourth-order valence-electron chi connectivity index (χ4n) is 2.19. The second kappa shape index (κ2) is 8.27. The van der Waals surface area contributed by atoms with Crippen LogP contribution in [0.25, 0.3) is 0 Å². The Morgan fingerprint density at radius 2 is 1.75 bits per heavy atom. The Balaban J connectivity index is 2.63. The van der Waals surface area contributed by atoms with E-state index >= 15 is 0 Å². The molecule has 0 saturated heterocycles. The highest BCUT2D eigenvalue weighted by Gasteiger charge is 2.13. The molecule has 0 aromatic heterocycles. The van der Waals surface area contributed by atoms with E-state index < -0.39 is 9.84 Å². The lowest BCUT2D eigenvalue weighted by Gasteiger charge is -2.22. The minimum Gasteiger partial charge on any atom is -0.398 e. The standard InChI is InChI=1S/C15H26N2O2S/c1-3-9-17(10-12-20(18,19)11-4-2)13-14-7-5-6-8-15(14)16/h5-8H,3-4,9-13,16H2,1-2H3. The van der Waals surface area contributed by atoms with Crippen LogP contribution in [0.5, 0.6) is 0 Å². The third-order valence-corrected chi connectivity index (χ3v) is 5.06. The number of anilines is 1. The van der Waals surface area contributed by atoms with E-state index in [-0.39, 0.29) is 11.5 Å². The van der Waals surface area contributed by atoms with Gasteiger partial charge in [0.25, 0.3) is 0 Å². The highest BCUT2D eigenvalue weighted by molar-refractivity contribution is 7.91. The minimum atomic E-state index is -2.92. The number of rotatable bonds is 9. The molecule has 0 aliphatic heterocycles. The smallest absolute Gasteiger partial charge is 0.151 e. The molecule has 2 N–H and O–H groups in total. The van der Waals surface area contributed by atoms with Crippen LogP contribution in [0.15, 0.2) is 24.3 Å². The maximum absolute atomic E-state index is 11.8. The quantitative estimate of drug-likeness (QED) is 0.711. The first-order valence-electron chi connectivity index (χ1n) is 7.24. The molecule has 1 aromatic carbocycles. The van der Waals surface area contributed by atoms with E-state index in [2.05, 4.69) is 11.8 Å². The van der Waals surface area contributed by atoms with Gasteiger partial charge in [0.1, 0.15) is 0 Å². The molecule has 5 heteroatoms. The molecule has 0 saturated carbocycles. The van der Waals surface area contributed by atoms with Gasteiger partial charge in [0.15, 0.2) is 9.84 Å². The molecule has 1 aromatic rings. The van der Waals surface area contributed by atoms with Crippen LogP contribution >= 0.6 is 0 Å². The predicted octanol–water partition coefficient (Wildman–Crippen LogP) is 2.31.